The summed E-state index contributed by atoms with van der Waals surface area (Å²) in [6, 6.07) is 5.01. The average molecular weight is 500 g/mol. The maximum absolute atomic E-state index is 14.4. The fourth-order valence-electron chi connectivity index (χ4n) is 7.68. The molecule has 2 aromatic rings. The van der Waals surface area contributed by atoms with Crippen LogP contribution >= 0.6 is 11.6 Å². The van der Waals surface area contributed by atoms with Crippen molar-refractivity contribution in [2.45, 2.75) is 51.9 Å². The van der Waals surface area contributed by atoms with E-state index in [2.05, 4.69) is 19.0 Å². The third kappa shape index (κ3) is 2.73. The first-order valence-corrected chi connectivity index (χ1v) is 12.5. The molecule has 0 radical (unpaired) electrons. The van der Waals surface area contributed by atoms with E-state index in [1.54, 1.807) is 31.2 Å². The molecule has 4 aliphatic carbocycles. The van der Waals surface area contributed by atoms with Crippen LogP contribution in [0.2, 0.25) is 5.02 Å². The number of ketones is 1. The van der Waals surface area contributed by atoms with Crippen LogP contribution < -0.4 is 4.74 Å². The van der Waals surface area contributed by atoms with Gasteiger partial charge in [0.05, 0.1) is 17.4 Å². The Kier molecular flexibility index (Phi) is 4.77. The van der Waals surface area contributed by atoms with Crippen molar-refractivity contribution >= 4 is 28.4 Å². The lowest BCUT2D eigenvalue weighted by molar-refractivity contribution is -0.186. The lowest BCUT2D eigenvalue weighted by atomic mass is 9.59. The second-order valence-corrected chi connectivity index (χ2v) is 11.9. The van der Waals surface area contributed by atoms with Crippen LogP contribution in [0.4, 0.5) is 0 Å². The lowest BCUT2D eigenvalue weighted by Crippen LogP contribution is -2.66. The van der Waals surface area contributed by atoms with Gasteiger partial charge in [-0.05, 0) is 71.0 Å². The molecule has 0 unspecified atom stereocenters. The Morgan fingerprint density at radius 2 is 2.06 bits per heavy atom. The van der Waals surface area contributed by atoms with Gasteiger partial charge < -0.3 is 24.6 Å². The molecule has 35 heavy (non-hydrogen) atoms. The summed E-state index contributed by atoms with van der Waals surface area (Å²) in [6.07, 6.45) is 1.66. The molecule has 3 N–H and O–H groups in total. The topological polar surface area (TPSA) is 113 Å². The van der Waals surface area contributed by atoms with E-state index in [0.717, 1.165) is 6.42 Å². The molecular weight excluding hydrogens is 470 g/mol. The minimum Gasteiger partial charge on any atom is -0.464 e. The molecular formula is C27H30ClNO6. The molecule has 1 spiro atoms. The van der Waals surface area contributed by atoms with Crippen molar-refractivity contribution in [1.29, 1.82) is 0 Å². The van der Waals surface area contributed by atoms with Crippen LogP contribution in [-0.2, 0) is 4.79 Å². The van der Waals surface area contributed by atoms with Gasteiger partial charge in [-0.25, -0.2) is 0 Å². The molecule has 8 heteroatoms. The normalized spacial score (nSPS) is 41.4. The van der Waals surface area contributed by atoms with Gasteiger partial charge in [0.25, 0.3) is 5.88 Å². The van der Waals surface area contributed by atoms with Gasteiger partial charge in [-0.2, -0.15) is 0 Å². The lowest BCUT2D eigenvalue weighted by Gasteiger charge is -2.48. The Labute approximate surface area is 208 Å². The highest BCUT2D eigenvalue weighted by Gasteiger charge is 2.76. The highest BCUT2D eigenvalue weighted by atomic mass is 35.5. The van der Waals surface area contributed by atoms with Gasteiger partial charge in [-0.15, -0.1) is 0 Å². The molecule has 0 saturated heterocycles. The molecule has 1 aromatic heterocycles. The number of Topliss-reactive ketones (excluding diaryl/α,β-unsaturated/α-hetero) is 1. The number of carbonyl (C=O) groups excluding carboxylic acids is 1. The zero-order valence-corrected chi connectivity index (χ0v) is 20.9. The molecule has 2 fully saturated rings. The summed E-state index contributed by atoms with van der Waals surface area (Å²) in [5.74, 6) is -0.342. The molecule has 4 aliphatic rings. The number of hydrogen-bond acceptors (Lipinski definition) is 7. The van der Waals surface area contributed by atoms with Gasteiger partial charge in [-0.3, -0.25) is 4.79 Å². The molecule has 1 heterocycles. The van der Waals surface area contributed by atoms with E-state index >= 15 is 0 Å². The van der Waals surface area contributed by atoms with Crippen molar-refractivity contribution < 1.29 is 29.4 Å². The number of benzene rings is 1. The average Bonchev–Trinajstić information content (AvgIpc) is 3.09. The van der Waals surface area contributed by atoms with E-state index in [4.69, 9.17) is 20.9 Å². The van der Waals surface area contributed by atoms with E-state index < -0.39 is 35.7 Å². The monoisotopic (exact) mass is 499 g/mol. The zero-order valence-electron chi connectivity index (χ0n) is 20.2. The number of allylic oxidation sites excluding steroid dienone is 1. The number of halogens is 1. The van der Waals surface area contributed by atoms with Gasteiger partial charge in [0.2, 0.25) is 0 Å². The number of rotatable bonds is 3. The minimum atomic E-state index is -2.04. The first-order valence-electron chi connectivity index (χ1n) is 12.2. The van der Waals surface area contributed by atoms with Crippen molar-refractivity contribution in [2.24, 2.45) is 34.5 Å². The Morgan fingerprint density at radius 1 is 1.31 bits per heavy atom. The summed E-state index contributed by atoms with van der Waals surface area (Å²) in [7, 11) is 0. The number of hydrogen-bond donors (Lipinski definition) is 3. The van der Waals surface area contributed by atoms with Gasteiger partial charge in [0, 0.05) is 10.9 Å². The van der Waals surface area contributed by atoms with Gasteiger partial charge in [-0.1, -0.05) is 44.5 Å². The molecule has 186 valence electrons. The number of aliphatic hydroxyl groups is 3. The minimum absolute atomic E-state index is 0.0210. The third-order valence-corrected chi connectivity index (χ3v) is 9.76. The summed E-state index contributed by atoms with van der Waals surface area (Å²) in [6.45, 7) is 7.64. The van der Waals surface area contributed by atoms with Crippen LogP contribution in [0.25, 0.3) is 11.0 Å². The SMILES string of the molecule is CC1=C[C@]23C(=O)[C@@H](C=C(CO)[C@@H](O)[C@]2(O)[C@H]1Oc1noc2ccc(Cl)cc12)[C@H]1[C@@H](C[C@H]3C)C1(C)C. The molecule has 8 atom stereocenters. The Morgan fingerprint density at radius 3 is 2.77 bits per heavy atom. The van der Waals surface area contributed by atoms with Crippen molar-refractivity contribution in [3.05, 3.63) is 46.5 Å². The highest BCUT2D eigenvalue weighted by Crippen LogP contribution is 2.71. The summed E-state index contributed by atoms with van der Waals surface area (Å²) < 4.78 is 11.7. The van der Waals surface area contributed by atoms with Crippen LogP contribution in [0.5, 0.6) is 5.88 Å². The summed E-state index contributed by atoms with van der Waals surface area (Å²) in [5, 5.41) is 39.4. The van der Waals surface area contributed by atoms with Gasteiger partial charge >= 0.3 is 0 Å². The maximum Gasteiger partial charge on any atom is 0.262 e. The maximum atomic E-state index is 14.4. The fraction of sp³-hybridized carbons (Fsp3) is 0.556. The van der Waals surface area contributed by atoms with Crippen molar-refractivity contribution in [3.8, 4) is 5.88 Å². The zero-order chi connectivity index (χ0) is 25.1. The number of aromatic nitrogens is 1. The molecule has 6 rings (SSSR count). The van der Waals surface area contributed by atoms with Crippen LogP contribution in [0.1, 0.15) is 34.1 Å². The number of fused-ring (bicyclic) bond motifs is 4. The summed E-state index contributed by atoms with van der Waals surface area (Å²) in [5.41, 5.74) is -2.11. The largest absolute Gasteiger partial charge is 0.464 e. The predicted octanol–water partition coefficient (Wildman–Crippen LogP) is 3.70. The standard InChI is InChI=1S/C27H30ClNO6/c1-12-10-26-13(2)7-18-20(25(18,3)4)17(22(26)32)8-14(11-30)21(31)27(26,33)23(12)34-24-16-9-15(28)5-6-19(16)35-29-24/h5-6,8-10,13,17-18,20-21,23,30-31,33H,7,11H2,1-4H3/t13-,17+,18-,20+,21-,23+,26+,27+/m1/s1. The number of aliphatic hydroxyl groups excluding tert-OH is 2. The van der Waals surface area contributed by atoms with E-state index in [9.17, 15) is 20.1 Å². The molecule has 2 bridgehead atoms. The van der Waals surface area contributed by atoms with Crippen LogP contribution in [0.15, 0.2) is 46.0 Å². The Bertz CT molecular complexity index is 1310. The highest BCUT2D eigenvalue weighted by molar-refractivity contribution is 6.31. The number of ether oxygens (including phenoxy) is 1. The predicted molar refractivity (Wildman–Crippen MR) is 129 cm³/mol. The summed E-state index contributed by atoms with van der Waals surface area (Å²) >= 11 is 6.17. The Balaban J connectivity index is 1.52. The van der Waals surface area contributed by atoms with Crippen LogP contribution in [0.3, 0.4) is 0 Å². The number of nitrogens with zero attached hydrogens (tertiary/aromatic N) is 1. The van der Waals surface area contributed by atoms with Crippen molar-refractivity contribution in [3.63, 3.8) is 0 Å². The van der Waals surface area contributed by atoms with E-state index in [0.29, 0.717) is 27.5 Å². The molecule has 0 amide bonds. The Hall–Kier alpha value is -2.19. The van der Waals surface area contributed by atoms with Crippen LogP contribution in [0, 0.1) is 34.5 Å². The second kappa shape index (κ2) is 7.19. The van der Waals surface area contributed by atoms with E-state index in [1.807, 2.05) is 13.0 Å². The quantitative estimate of drug-likeness (QED) is 0.552. The smallest absolute Gasteiger partial charge is 0.262 e. The second-order valence-electron chi connectivity index (χ2n) is 11.5. The van der Waals surface area contributed by atoms with Gasteiger partial charge in [0.15, 0.2) is 23.1 Å². The first-order chi connectivity index (χ1) is 16.5. The first kappa shape index (κ1) is 23.2. The molecule has 7 nitrogen and oxygen atoms in total. The van der Waals surface area contributed by atoms with Crippen molar-refractivity contribution in [1.82, 2.24) is 5.16 Å². The van der Waals surface area contributed by atoms with E-state index in [-0.39, 0.29) is 34.5 Å². The summed E-state index contributed by atoms with van der Waals surface area (Å²) in [4.78, 5) is 14.4. The molecule has 1 aromatic carbocycles. The molecule has 2 saturated carbocycles. The van der Waals surface area contributed by atoms with E-state index in [1.165, 1.54) is 0 Å². The van der Waals surface area contributed by atoms with Crippen LogP contribution in [-0.4, -0.2) is 50.7 Å². The number of carbonyl (C=O) groups is 1. The van der Waals surface area contributed by atoms with Gasteiger partial charge in [0.1, 0.15) is 6.10 Å². The molecule has 0 aliphatic heterocycles. The fourth-order valence-corrected chi connectivity index (χ4v) is 7.85. The van der Waals surface area contributed by atoms with Crippen molar-refractivity contribution in [2.75, 3.05) is 6.61 Å². The third-order valence-electron chi connectivity index (χ3n) is 9.53.